The van der Waals surface area contributed by atoms with E-state index in [-0.39, 0.29) is 18.4 Å². The number of anilines is 1. The number of hydrogen-bond donors (Lipinski definition) is 1. The first kappa shape index (κ1) is 16.0. The third kappa shape index (κ3) is 4.86. The monoisotopic (exact) mass is 317 g/mol. The molecule has 0 radical (unpaired) electrons. The third-order valence-corrected chi connectivity index (χ3v) is 3.20. The van der Waals surface area contributed by atoms with Gasteiger partial charge in [0.05, 0.1) is 12.2 Å². The Morgan fingerprint density at radius 2 is 2.05 bits per heavy atom. The molecule has 5 nitrogen and oxygen atoms in total. The van der Waals surface area contributed by atoms with Crippen LogP contribution in [0.15, 0.2) is 48.7 Å². The van der Waals surface area contributed by atoms with Crippen molar-refractivity contribution in [3.05, 3.63) is 59.4 Å². The van der Waals surface area contributed by atoms with Crippen LogP contribution in [0.2, 0.25) is 5.02 Å². The molecule has 0 atom stereocenters. The predicted octanol–water partition coefficient (Wildman–Crippen LogP) is 2.72. The zero-order valence-corrected chi connectivity index (χ0v) is 12.9. The van der Waals surface area contributed by atoms with Crippen molar-refractivity contribution in [3.63, 3.8) is 0 Å². The van der Waals surface area contributed by atoms with Gasteiger partial charge in [-0.3, -0.25) is 14.6 Å². The Bertz CT molecular complexity index is 661. The van der Waals surface area contributed by atoms with Gasteiger partial charge in [-0.25, -0.2) is 0 Å². The molecule has 1 heterocycles. The lowest BCUT2D eigenvalue weighted by Gasteiger charge is -2.20. The summed E-state index contributed by atoms with van der Waals surface area (Å²) in [6, 6.07) is 12.3. The Kier molecular flexibility index (Phi) is 5.49. The first-order valence-corrected chi connectivity index (χ1v) is 7.13. The maximum atomic E-state index is 12.1. The Labute approximate surface area is 133 Å². The van der Waals surface area contributed by atoms with Crippen molar-refractivity contribution in [3.8, 4) is 0 Å². The van der Waals surface area contributed by atoms with E-state index in [4.69, 9.17) is 11.6 Å². The normalized spacial score (nSPS) is 10.1. The summed E-state index contributed by atoms with van der Waals surface area (Å²) >= 11 is 5.87. The van der Waals surface area contributed by atoms with Gasteiger partial charge in [-0.2, -0.15) is 0 Å². The van der Waals surface area contributed by atoms with Crippen LogP contribution in [0.4, 0.5) is 5.69 Å². The fourth-order valence-corrected chi connectivity index (χ4v) is 2.10. The van der Waals surface area contributed by atoms with E-state index in [0.29, 0.717) is 17.3 Å². The largest absolute Gasteiger partial charge is 0.328 e. The number of nitrogens with one attached hydrogen (secondary N) is 1. The molecule has 2 aromatic rings. The molecular weight excluding hydrogens is 302 g/mol. The highest BCUT2D eigenvalue weighted by Crippen LogP contribution is 2.14. The Morgan fingerprint density at radius 3 is 2.68 bits per heavy atom. The van der Waals surface area contributed by atoms with Gasteiger partial charge in [-0.1, -0.05) is 23.7 Å². The van der Waals surface area contributed by atoms with Crippen LogP contribution in [0.1, 0.15) is 12.6 Å². The summed E-state index contributed by atoms with van der Waals surface area (Å²) in [4.78, 5) is 29.3. The van der Waals surface area contributed by atoms with Gasteiger partial charge < -0.3 is 10.2 Å². The van der Waals surface area contributed by atoms with Crippen molar-refractivity contribution >= 4 is 29.1 Å². The number of halogens is 1. The number of carbonyl (C=O) groups excluding carboxylic acids is 2. The SMILES string of the molecule is CC(=O)N(CC(=O)Nc1cccc(Cl)c1)Cc1ccccn1. The van der Waals surface area contributed by atoms with Gasteiger partial charge >= 0.3 is 0 Å². The Morgan fingerprint density at radius 1 is 1.23 bits per heavy atom. The molecule has 22 heavy (non-hydrogen) atoms. The second kappa shape index (κ2) is 7.56. The van der Waals surface area contributed by atoms with Gasteiger partial charge in [-0.05, 0) is 30.3 Å². The maximum absolute atomic E-state index is 12.1. The molecule has 6 heteroatoms. The van der Waals surface area contributed by atoms with E-state index in [2.05, 4.69) is 10.3 Å². The summed E-state index contributed by atoms with van der Waals surface area (Å²) in [5.41, 5.74) is 1.33. The second-order valence-corrected chi connectivity index (χ2v) is 5.19. The highest BCUT2D eigenvalue weighted by atomic mass is 35.5. The number of benzene rings is 1. The number of carbonyl (C=O) groups is 2. The lowest BCUT2D eigenvalue weighted by molar-refractivity contribution is -0.133. The zero-order chi connectivity index (χ0) is 15.9. The van der Waals surface area contributed by atoms with Crippen LogP contribution in [0.5, 0.6) is 0 Å². The fourth-order valence-electron chi connectivity index (χ4n) is 1.91. The van der Waals surface area contributed by atoms with Crippen LogP contribution in [0, 0.1) is 0 Å². The molecule has 0 spiro atoms. The number of aromatic nitrogens is 1. The molecule has 2 rings (SSSR count). The molecule has 1 aromatic carbocycles. The minimum Gasteiger partial charge on any atom is -0.328 e. The van der Waals surface area contributed by atoms with Crippen molar-refractivity contribution in [2.24, 2.45) is 0 Å². The molecule has 0 saturated heterocycles. The minimum atomic E-state index is -0.284. The molecular formula is C16H16ClN3O2. The molecule has 0 fully saturated rings. The van der Waals surface area contributed by atoms with Gasteiger partial charge in [-0.15, -0.1) is 0 Å². The molecule has 0 bridgehead atoms. The Hall–Kier alpha value is -2.40. The number of nitrogens with zero attached hydrogens (tertiary/aromatic N) is 2. The molecule has 2 amide bonds. The molecule has 0 saturated carbocycles. The van der Waals surface area contributed by atoms with Crippen molar-refractivity contribution in [2.75, 3.05) is 11.9 Å². The van der Waals surface area contributed by atoms with E-state index < -0.39 is 0 Å². The lowest BCUT2D eigenvalue weighted by Crippen LogP contribution is -2.36. The number of rotatable bonds is 5. The van der Waals surface area contributed by atoms with E-state index in [1.807, 2.05) is 12.1 Å². The smallest absolute Gasteiger partial charge is 0.244 e. The summed E-state index contributed by atoms with van der Waals surface area (Å²) in [7, 11) is 0. The predicted molar refractivity (Wildman–Crippen MR) is 85.4 cm³/mol. The van der Waals surface area contributed by atoms with Crippen molar-refractivity contribution < 1.29 is 9.59 Å². The van der Waals surface area contributed by atoms with Crippen LogP contribution >= 0.6 is 11.6 Å². The van der Waals surface area contributed by atoms with Crippen molar-refractivity contribution in [1.29, 1.82) is 0 Å². The first-order chi connectivity index (χ1) is 10.5. The summed E-state index contributed by atoms with van der Waals surface area (Å²) < 4.78 is 0. The highest BCUT2D eigenvalue weighted by molar-refractivity contribution is 6.30. The zero-order valence-electron chi connectivity index (χ0n) is 12.1. The third-order valence-electron chi connectivity index (χ3n) is 2.97. The quantitative estimate of drug-likeness (QED) is 0.922. The first-order valence-electron chi connectivity index (χ1n) is 6.75. The molecule has 0 aliphatic rings. The van der Waals surface area contributed by atoms with Crippen LogP contribution in [0.25, 0.3) is 0 Å². The van der Waals surface area contributed by atoms with Gasteiger partial charge in [0.15, 0.2) is 0 Å². The molecule has 0 aliphatic carbocycles. The van der Waals surface area contributed by atoms with E-state index in [1.165, 1.54) is 11.8 Å². The summed E-state index contributed by atoms with van der Waals surface area (Å²) in [5.74, 6) is -0.472. The van der Waals surface area contributed by atoms with Crippen LogP contribution in [-0.2, 0) is 16.1 Å². The van der Waals surface area contributed by atoms with Crippen molar-refractivity contribution in [2.45, 2.75) is 13.5 Å². The van der Waals surface area contributed by atoms with Crippen molar-refractivity contribution in [1.82, 2.24) is 9.88 Å². The summed E-state index contributed by atoms with van der Waals surface area (Å²) in [5, 5.41) is 3.25. The van der Waals surface area contributed by atoms with E-state index in [1.54, 1.807) is 36.5 Å². The summed E-state index contributed by atoms with van der Waals surface area (Å²) in [6.07, 6.45) is 1.65. The number of hydrogen-bond acceptors (Lipinski definition) is 3. The highest BCUT2D eigenvalue weighted by Gasteiger charge is 2.14. The number of pyridine rings is 1. The minimum absolute atomic E-state index is 0.0432. The molecule has 0 unspecified atom stereocenters. The average Bonchev–Trinajstić information content (AvgIpc) is 2.47. The average molecular weight is 318 g/mol. The maximum Gasteiger partial charge on any atom is 0.244 e. The van der Waals surface area contributed by atoms with Gasteiger partial charge in [0.1, 0.15) is 6.54 Å². The lowest BCUT2D eigenvalue weighted by atomic mass is 10.3. The summed E-state index contributed by atoms with van der Waals surface area (Å²) in [6.45, 7) is 1.67. The molecule has 114 valence electrons. The molecule has 1 N–H and O–H groups in total. The second-order valence-electron chi connectivity index (χ2n) is 4.75. The van der Waals surface area contributed by atoms with Gasteiger partial charge in [0.2, 0.25) is 11.8 Å². The molecule has 0 aliphatic heterocycles. The fraction of sp³-hybridized carbons (Fsp3) is 0.188. The van der Waals surface area contributed by atoms with Crippen LogP contribution < -0.4 is 5.32 Å². The molecule has 1 aromatic heterocycles. The van der Waals surface area contributed by atoms with E-state index in [9.17, 15) is 9.59 Å². The topological polar surface area (TPSA) is 62.3 Å². The standard InChI is InChI=1S/C16H16ClN3O2/c1-12(21)20(10-15-6-2-3-8-18-15)11-16(22)19-14-7-4-5-13(17)9-14/h2-9H,10-11H2,1H3,(H,19,22). The van der Waals surface area contributed by atoms with E-state index in [0.717, 1.165) is 5.69 Å². The van der Waals surface area contributed by atoms with E-state index >= 15 is 0 Å². The Balaban J connectivity index is 1.98. The van der Waals surface area contributed by atoms with Crippen LogP contribution in [0.3, 0.4) is 0 Å². The van der Waals surface area contributed by atoms with Gasteiger partial charge in [0.25, 0.3) is 0 Å². The number of amides is 2. The van der Waals surface area contributed by atoms with Crippen LogP contribution in [-0.4, -0.2) is 28.2 Å². The van der Waals surface area contributed by atoms with Gasteiger partial charge in [0, 0.05) is 23.8 Å².